The third-order valence-electron chi connectivity index (χ3n) is 3.56. The zero-order valence-corrected chi connectivity index (χ0v) is 12.0. The van der Waals surface area contributed by atoms with Crippen molar-refractivity contribution in [1.29, 1.82) is 0 Å². The molecule has 102 valence electrons. The molecule has 0 saturated heterocycles. The van der Waals surface area contributed by atoms with Gasteiger partial charge in [0.25, 0.3) is 0 Å². The molecule has 1 aliphatic rings. The van der Waals surface area contributed by atoms with Crippen LogP contribution in [0.2, 0.25) is 0 Å². The lowest BCUT2D eigenvalue weighted by Crippen LogP contribution is -2.58. The number of hydrogen-bond donors (Lipinski definition) is 2. The molecule has 0 aromatic heterocycles. The van der Waals surface area contributed by atoms with E-state index in [1.54, 1.807) is 7.05 Å². The minimum atomic E-state index is -0.723. The van der Waals surface area contributed by atoms with E-state index in [4.69, 9.17) is 18.0 Å². The van der Waals surface area contributed by atoms with Crippen LogP contribution in [0.15, 0.2) is 0 Å². The summed E-state index contributed by atoms with van der Waals surface area (Å²) in [6.45, 7) is 4.45. The van der Waals surface area contributed by atoms with Gasteiger partial charge in [-0.1, -0.05) is 19.1 Å². The first-order valence-electron chi connectivity index (χ1n) is 6.17. The Labute approximate surface area is 113 Å². The number of hydrogen-bond acceptors (Lipinski definition) is 3. The second-order valence-corrected chi connectivity index (χ2v) is 5.39. The van der Waals surface area contributed by atoms with Gasteiger partial charge in [0.2, 0.25) is 11.8 Å². The molecule has 3 N–H and O–H groups in total. The number of carbonyl (C=O) groups excluding carboxylic acids is 2. The van der Waals surface area contributed by atoms with E-state index in [0.717, 1.165) is 0 Å². The van der Waals surface area contributed by atoms with Gasteiger partial charge in [-0.2, -0.15) is 0 Å². The molecule has 18 heavy (non-hydrogen) atoms. The number of rotatable bonds is 5. The Bertz CT molecular complexity index is 364. The lowest BCUT2D eigenvalue weighted by molar-refractivity contribution is -0.146. The minimum Gasteiger partial charge on any atom is -0.392 e. The van der Waals surface area contributed by atoms with E-state index < -0.39 is 5.41 Å². The molecule has 0 aromatic rings. The summed E-state index contributed by atoms with van der Waals surface area (Å²) in [4.78, 5) is 25.6. The van der Waals surface area contributed by atoms with Crippen molar-refractivity contribution < 1.29 is 9.59 Å². The third-order valence-corrected chi connectivity index (χ3v) is 3.95. The second-order valence-electron chi connectivity index (χ2n) is 4.95. The molecule has 1 saturated carbocycles. The summed E-state index contributed by atoms with van der Waals surface area (Å²) in [7, 11) is 1.55. The highest BCUT2D eigenvalue weighted by atomic mass is 32.1. The van der Waals surface area contributed by atoms with Crippen LogP contribution in [0.4, 0.5) is 0 Å². The fourth-order valence-corrected chi connectivity index (χ4v) is 2.75. The molecule has 0 bridgehead atoms. The zero-order chi connectivity index (χ0) is 13.9. The maximum absolute atomic E-state index is 12.5. The van der Waals surface area contributed by atoms with Crippen molar-refractivity contribution in [1.82, 2.24) is 10.2 Å². The summed E-state index contributed by atoms with van der Waals surface area (Å²) in [5.41, 5.74) is 5.01. The fraction of sp³-hybridized carbons (Fsp3) is 0.750. The Morgan fingerprint density at radius 2 is 2.06 bits per heavy atom. The molecule has 0 aromatic carbocycles. The van der Waals surface area contributed by atoms with E-state index in [9.17, 15) is 9.59 Å². The van der Waals surface area contributed by atoms with Gasteiger partial charge in [-0.05, 0) is 25.7 Å². The molecule has 1 fully saturated rings. The van der Waals surface area contributed by atoms with Crippen LogP contribution in [0.25, 0.3) is 0 Å². The molecule has 1 aliphatic carbocycles. The number of amides is 2. The van der Waals surface area contributed by atoms with Crippen molar-refractivity contribution in [2.45, 2.75) is 26.7 Å². The zero-order valence-electron chi connectivity index (χ0n) is 11.2. The molecule has 0 radical (unpaired) electrons. The Hall–Kier alpha value is -1.17. The quantitative estimate of drug-likeness (QED) is 0.704. The molecule has 0 heterocycles. The number of nitrogens with one attached hydrogen (secondary N) is 1. The van der Waals surface area contributed by atoms with Gasteiger partial charge in [0.15, 0.2) is 0 Å². The van der Waals surface area contributed by atoms with E-state index in [2.05, 4.69) is 12.2 Å². The summed E-state index contributed by atoms with van der Waals surface area (Å²) in [5.74, 6) is 0.156. The van der Waals surface area contributed by atoms with E-state index >= 15 is 0 Å². The number of nitrogens with two attached hydrogens (primary N) is 1. The molecule has 2 amide bonds. The van der Waals surface area contributed by atoms with Crippen LogP contribution < -0.4 is 11.1 Å². The maximum atomic E-state index is 12.5. The highest BCUT2D eigenvalue weighted by molar-refractivity contribution is 7.80. The molecule has 1 rings (SSSR count). The Morgan fingerprint density at radius 1 is 1.50 bits per heavy atom. The van der Waals surface area contributed by atoms with Gasteiger partial charge in [-0.3, -0.25) is 9.59 Å². The van der Waals surface area contributed by atoms with Crippen LogP contribution in [0, 0.1) is 11.3 Å². The van der Waals surface area contributed by atoms with Crippen molar-refractivity contribution in [2.24, 2.45) is 17.1 Å². The molecule has 0 unspecified atom stereocenters. The van der Waals surface area contributed by atoms with Gasteiger partial charge < -0.3 is 16.0 Å². The first kappa shape index (κ1) is 14.9. The third kappa shape index (κ3) is 2.63. The lowest BCUT2D eigenvalue weighted by atomic mass is 9.61. The highest BCUT2D eigenvalue weighted by Crippen LogP contribution is 2.47. The van der Waals surface area contributed by atoms with Gasteiger partial charge in [-0.25, -0.2) is 0 Å². The summed E-state index contributed by atoms with van der Waals surface area (Å²) in [5, 5.41) is 2.51. The maximum Gasteiger partial charge on any atom is 0.239 e. The van der Waals surface area contributed by atoms with Crippen LogP contribution in [-0.2, 0) is 9.59 Å². The topological polar surface area (TPSA) is 75.4 Å². The van der Waals surface area contributed by atoms with Crippen molar-refractivity contribution >= 4 is 29.0 Å². The van der Waals surface area contributed by atoms with Gasteiger partial charge >= 0.3 is 0 Å². The van der Waals surface area contributed by atoms with Gasteiger partial charge in [0.1, 0.15) is 0 Å². The second kappa shape index (κ2) is 5.65. The van der Waals surface area contributed by atoms with Crippen LogP contribution in [0.3, 0.4) is 0 Å². The van der Waals surface area contributed by atoms with E-state index in [0.29, 0.717) is 25.3 Å². The molecule has 0 spiro atoms. The number of thiocarbonyl (C=S) groups is 1. The van der Waals surface area contributed by atoms with Crippen molar-refractivity contribution in [2.75, 3.05) is 20.1 Å². The predicted molar refractivity (Wildman–Crippen MR) is 73.9 cm³/mol. The van der Waals surface area contributed by atoms with Crippen LogP contribution >= 0.6 is 12.2 Å². The minimum absolute atomic E-state index is 0.0601. The number of carbonyl (C=O) groups is 2. The van der Waals surface area contributed by atoms with E-state index in [1.165, 1.54) is 4.90 Å². The molecule has 0 aliphatic heterocycles. The summed E-state index contributed by atoms with van der Waals surface area (Å²) < 4.78 is 0. The lowest BCUT2D eigenvalue weighted by Gasteiger charge is -2.46. The average molecular weight is 271 g/mol. The number of likely N-dealkylation sites (N-methyl/N-ethyl adjacent to an activating group) is 2. The fourth-order valence-electron chi connectivity index (χ4n) is 2.49. The largest absolute Gasteiger partial charge is 0.392 e. The summed E-state index contributed by atoms with van der Waals surface area (Å²) >= 11 is 5.05. The van der Waals surface area contributed by atoms with Crippen LogP contribution in [0.5, 0.6) is 0 Å². The Morgan fingerprint density at radius 3 is 2.39 bits per heavy atom. The Kier molecular flexibility index (Phi) is 4.67. The highest BCUT2D eigenvalue weighted by Gasteiger charge is 2.52. The smallest absolute Gasteiger partial charge is 0.239 e. The summed E-state index contributed by atoms with van der Waals surface area (Å²) in [6.07, 6.45) is 1.37. The van der Waals surface area contributed by atoms with E-state index in [-0.39, 0.29) is 23.3 Å². The van der Waals surface area contributed by atoms with Crippen molar-refractivity contribution in [3.63, 3.8) is 0 Å². The molecule has 5 nitrogen and oxygen atoms in total. The molecular weight excluding hydrogens is 250 g/mol. The number of nitrogens with zero attached hydrogens (tertiary/aromatic N) is 1. The normalized spacial score (nSPS) is 26.1. The Balaban J connectivity index is 2.82. The van der Waals surface area contributed by atoms with Gasteiger partial charge in [0, 0.05) is 13.6 Å². The predicted octanol–water partition coefficient (Wildman–Crippen LogP) is 0.283. The standard InChI is InChI=1S/C12H21N3O2S/c1-4-15(7-9(16)14-3)11(17)12(10(13)18)5-8(2)6-12/h8H,4-7H2,1-3H3,(H2,13,18)(H,14,16). The van der Waals surface area contributed by atoms with Gasteiger partial charge in [-0.15, -0.1) is 0 Å². The molecule has 6 heteroatoms. The van der Waals surface area contributed by atoms with Crippen molar-refractivity contribution in [3.05, 3.63) is 0 Å². The van der Waals surface area contributed by atoms with E-state index in [1.807, 2.05) is 6.92 Å². The first-order valence-corrected chi connectivity index (χ1v) is 6.58. The average Bonchev–Trinajstić information content (AvgIpc) is 2.29. The van der Waals surface area contributed by atoms with Gasteiger partial charge in [0.05, 0.1) is 16.9 Å². The van der Waals surface area contributed by atoms with Crippen LogP contribution in [0.1, 0.15) is 26.7 Å². The summed E-state index contributed by atoms with van der Waals surface area (Å²) in [6, 6.07) is 0. The van der Waals surface area contributed by atoms with Crippen molar-refractivity contribution in [3.8, 4) is 0 Å². The first-order chi connectivity index (χ1) is 8.37. The molecule has 0 atom stereocenters. The SMILES string of the molecule is CCN(CC(=O)NC)C(=O)C1(C(N)=S)CC(C)C1. The monoisotopic (exact) mass is 271 g/mol. The molecular formula is C12H21N3O2S. The van der Waals surface area contributed by atoms with Crippen LogP contribution in [-0.4, -0.2) is 41.8 Å².